The van der Waals surface area contributed by atoms with Gasteiger partial charge < -0.3 is 19.7 Å². The van der Waals surface area contributed by atoms with Gasteiger partial charge in [0.25, 0.3) is 0 Å². The molecule has 0 radical (unpaired) electrons. The summed E-state index contributed by atoms with van der Waals surface area (Å²) in [4.78, 5) is 14.7. The number of benzene rings is 2. The van der Waals surface area contributed by atoms with Crippen molar-refractivity contribution in [3.8, 4) is 11.5 Å². The van der Waals surface area contributed by atoms with E-state index in [0.29, 0.717) is 24.6 Å². The zero-order valence-corrected chi connectivity index (χ0v) is 16.5. The average molecular weight is 400 g/mol. The minimum atomic E-state index is -0.462. The van der Waals surface area contributed by atoms with Crippen molar-refractivity contribution in [2.75, 3.05) is 44.1 Å². The lowest BCUT2D eigenvalue weighted by molar-refractivity contribution is -0.117. The van der Waals surface area contributed by atoms with Crippen molar-refractivity contribution < 1.29 is 18.7 Å². The molecule has 2 aliphatic rings. The van der Waals surface area contributed by atoms with Crippen molar-refractivity contribution in [1.29, 1.82) is 0 Å². The molecule has 29 heavy (non-hydrogen) atoms. The first-order valence-corrected chi connectivity index (χ1v) is 9.66. The number of amides is 1. The fraction of sp³-hybridized carbons (Fsp3) is 0.381. The highest BCUT2D eigenvalue weighted by atomic mass is 19.1. The van der Waals surface area contributed by atoms with Crippen LogP contribution in [0.3, 0.4) is 0 Å². The summed E-state index contributed by atoms with van der Waals surface area (Å²) < 4.78 is 24.7. The van der Waals surface area contributed by atoms with Gasteiger partial charge >= 0.3 is 0 Å². The normalized spacial score (nSPS) is 19.6. The first-order valence-electron chi connectivity index (χ1n) is 9.66. The molecule has 0 spiro atoms. The highest BCUT2D eigenvalue weighted by Crippen LogP contribution is 2.34. The Morgan fingerprint density at radius 3 is 2.66 bits per heavy atom. The van der Waals surface area contributed by atoms with Crippen LogP contribution in [0.25, 0.3) is 0 Å². The number of carbonyl (C=O) groups is 1. The smallest absolute Gasteiger partial charge is 0.249 e. The van der Waals surface area contributed by atoms with E-state index in [1.54, 1.807) is 24.1 Å². The van der Waals surface area contributed by atoms with Gasteiger partial charge in [-0.3, -0.25) is 15.6 Å². The maximum Gasteiger partial charge on any atom is 0.249 e. The summed E-state index contributed by atoms with van der Waals surface area (Å²) in [5.74, 6) is 0.687. The Hall–Kier alpha value is -2.84. The second kappa shape index (κ2) is 8.26. The number of hydrazine groups is 1. The van der Waals surface area contributed by atoms with E-state index in [-0.39, 0.29) is 11.7 Å². The number of hydrogen-bond donors (Lipinski definition) is 3. The predicted octanol–water partition coefficient (Wildman–Crippen LogP) is 2.25. The van der Waals surface area contributed by atoms with Crippen LogP contribution in [-0.4, -0.2) is 45.8 Å². The molecule has 0 aromatic heterocycles. The number of para-hydroxylation sites is 1. The summed E-state index contributed by atoms with van der Waals surface area (Å²) >= 11 is 0. The number of methoxy groups -OCH3 is 2. The van der Waals surface area contributed by atoms with Gasteiger partial charge in [-0.1, -0.05) is 12.1 Å². The van der Waals surface area contributed by atoms with Crippen molar-refractivity contribution >= 4 is 17.3 Å². The predicted molar refractivity (Wildman–Crippen MR) is 109 cm³/mol. The van der Waals surface area contributed by atoms with E-state index >= 15 is 0 Å². The minimum absolute atomic E-state index is 0.0599. The molecule has 2 saturated heterocycles. The molecule has 2 fully saturated rings. The lowest BCUT2D eigenvalue weighted by Crippen LogP contribution is -2.33. The van der Waals surface area contributed by atoms with Crippen LogP contribution in [0, 0.1) is 5.82 Å². The van der Waals surface area contributed by atoms with Gasteiger partial charge in [0.2, 0.25) is 5.91 Å². The molecule has 3 N–H and O–H groups in total. The molecule has 2 aromatic rings. The van der Waals surface area contributed by atoms with E-state index in [1.165, 1.54) is 13.2 Å². The maximum atomic E-state index is 13.9. The lowest BCUT2D eigenvalue weighted by Gasteiger charge is -2.21. The first-order chi connectivity index (χ1) is 14.1. The molecular formula is C21H25FN4O3. The van der Waals surface area contributed by atoms with Crippen LogP contribution in [0.4, 0.5) is 15.8 Å². The van der Waals surface area contributed by atoms with E-state index in [9.17, 15) is 9.18 Å². The van der Waals surface area contributed by atoms with Gasteiger partial charge in [-0.05, 0) is 30.2 Å². The topological polar surface area (TPSA) is 74.9 Å². The van der Waals surface area contributed by atoms with E-state index in [0.717, 1.165) is 30.1 Å². The van der Waals surface area contributed by atoms with Crippen molar-refractivity contribution in [2.45, 2.75) is 18.4 Å². The zero-order valence-electron chi connectivity index (χ0n) is 16.5. The molecular weight excluding hydrogens is 375 g/mol. The third-order valence-corrected chi connectivity index (χ3v) is 5.50. The molecule has 1 amide bonds. The molecule has 0 aliphatic carbocycles. The van der Waals surface area contributed by atoms with Gasteiger partial charge in [0, 0.05) is 37.3 Å². The Morgan fingerprint density at radius 2 is 1.93 bits per heavy atom. The summed E-state index contributed by atoms with van der Waals surface area (Å²) in [7, 11) is 3.06. The number of nitrogens with zero attached hydrogens (tertiary/aromatic N) is 1. The number of halogens is 1. The van der Waals surface area contributed by atoms with Gasteiger partial charge in [-0.25, -0.2) is 4.39 Å². The van der Waals surface area contributed by atoms with E-state index < -0.39 is 11.9 Å². The fourth-order valence-corrected chi connectivity index (χ4v) is 3.98. The van der Waals surface area contributed by atoms with Gasteiger partial charge in [0.1, 0.15) is 11.8 Å². The highest BCUT2D eigenvalue weighted by Gasteiger charge is 2.34. The molecule has 4 rings (SSSR count). The summed E-state index contributed by atoms with van der Waals surface area (Å²) in [6.45, 7) is 2.24. The van der Waals surface area contributed by atoms with Gasteiger partial charge in [0.05, 0.1) is 19.9 Å². The molecule has 2 aliphatic heterocycles. The summed E-state index contributed by atoms with van der Waals surface area (Å²) in [6, 6.07) is 10.1. The van der Waals surface area contributed by atoms with E-state index in [2.05, 4.69) is 16.2 Å². The van der Waals surface area contributed by atoms with E-state index in [1.807, 2.05) is 18.2 Å². The molecule has 8 heteroatoms. The van der Waals surface area contributed by atoms with Crippen LogP contribution in [0.15, 0.2) is 36.4 Å². The SMILES string of the molecule is COc1cc(N2CCC(Nc3cccc(F)c3OC)C2=O)ccc1C1CNNC1. The molecule has 2 aromatic carbocycles. The van der Waals surface area contributed by atoms with Gasteiger partial charge in [0.15, 0.2) is 11.6 Å². The Morgan fingerprint density at radius 1 is 1.14 bits per heavy atom. The largest absolute Gasteiger partial charge is 0.496 e. The van der Waals surface area contributed by atoms with Crippen LogP contribution >= 0.6 is 0 Å². The van der Waals surface area contributed by atoms with E-state index in [4.69, 9.17) is 9.47 Å². The molecule has 0 bridgehead atoms. The third-order valence-electron chi connectivity index (χ3n) is 5.50. The van der Waals surface area contributed by atoms with Crippen molar-refractivity contribution in [3.63, 3.8) is 0 Å². The van der Waals surface area contributed by atoms with Gasteiger partial charge in [-0.15, -0.1) is 0 Å². The monoisotopic (exact) mass is 400 g/mol. The van der Waals surface area contributed by atoms with Crippen molar-refractivity contribution in [3.05, 3.63) is 47.8 Å². The number of rotatable bonds is 6. The van der Waals surface area contributed by atoms with Crippen molar-refractivity contribution in [2.24, 2.45) is 0 Å². The average Bonchev–Trinajstić information content (AvgIpc) is 3.38. The minimum Gasteiger partial charge on any atom is -0.496 e. The quantitative estimate of drug-likeness (QED) is 0.691. The van der Waals surface area contributed by atoms with Crippen LogP contribution < -0.4 is 30.5 Å². The second-order valence-electron chi connectivity index (χ2n) is 7.18. The third kappa shape index (κ3) is 3.73. The maximum absolute atomic E-state index is 13.9. The Labute approximate surface area is 169 Å². The molecule has 1 unspecified atom stereocenters. The van der Waals surface area contributed by atoms with Crippen LogP contribution in [0.1, 0.15) is 17.9 Å². The molecule has 0 saturated carbocycles. The lowest BCUT2D eigenvalue weighted by atomic mass is 9.98. The molecule has 1 atom stereocenters. The Balaban J connectivity index is 1.52. The first kappa shape index (κ1) is 19.5. The number of ether oxygens (including phenoxy) is 2. The summed E-state index contributed by atoms with van der Waals surface area (Å²) in [6.07, 6.45) is 0.610. The van der Waals surface area contributed by atoms with Crippen LogP contribution in [-0.2, 0) is 4.79 Å². The number of carbonyl (C=O) groups excluding carboxylic acids is 1. The summed E-state index contributed by atoms with van der Waals surface area (Å²) in [5, 5.41) is 3.13. The standard InChI is InChI=1S/C21H25FN4O3/c1-28-19-10-14(6-7-15(19)13-11-23-24-12-13)26-9-8-18(21(26)27)25-17-5-3-4-16(22)20(17)29-2/h3-7,10,13,18,23-25H,8-9,11-12H2,1-2H3. The molecule has 2 heterocycles. The Bertz CT molecular complexity index is 901. The second-order valence-corrected chi connectivity index (χ2v) is 7.18. The van der Waals surface area contributed by atoms with Gasteiger partial charge in [-0.2, -0.15) is 0 Å². The number of hydrogen-bond acceptors (Lipinski definition) is 6. The highest BCUT2D eigenvalue weighted by molar-refractivity contribution is 6.01. The molecule has 7 nitrogen and oxygen atoms in total. The van der Waals surface area contributed by atoms with Crippen LogP contribution in [0.5, 0.6) is 11.5 Å². The zero-order chi connectivity index (χ0) is 20.4. The number of nitrogens with one attached hydrogen (secondary N) is 3. The van der Waals surface area contributed by atoms with Crippen molar-refractivity contribution in [1.82, 2.24) is 10.9 Å². The molecule has 154 valence electrons. The van der Waals surface area contributed by atoms with Crippen LogP contribution in [0.2, 0.25) is 0 Å². The fourth-order valence-electron chi connectivity index (χ4n) is 3.98. The Kier molecular flexibility index (Phi) is 5.55. The summed E-state index contributed by atoms with van der Waals surface area (Å²) in [5.41, 5.74) is 8.63. The number of anilines is 2.